The predicted octanol–water partition coefficient (Wildman–Crippen LogP) is 2.94. The van der Waals surface area contributed by atoms with Gasteiger partial charge in [0.25, 0.3) is 0 Å². The van der Waals surface area contributed by atoms with Crippen molar-refractivity contribution in [3.05, 3.63) is 54.1 Å². The molecule has 0 bridgehead atoms. The number of aliphatic hydroxyl groups excluding tert-OH is 1. The lowest BCUT2D eigenvalue weighted by Gasteiger charge is -2.08. The lowest BCUT2D eigenvalue weighted by molar-refractivity contribution is 0.199. The maximum absolute atomic E-state index is 11.3. The van der Waals surface area contributed by atoms with Gasteiger partial charge in [-0.05, 0) is 48.9 Å². The van der Waals surface area contributed by atoms with Crippen molar-refractivity contribution in [3.63, 3.8) is 0 Å². The Morgan fingerprint density at radius 2 is 1.40 bits per heavy atom. The Labute approximate surface area is 118 Å². The zero-order valence-electron chi connectivity index (χ0n) is 11.3. The highest BCUT2D eigenvalue weighted by Crippen LogP contribution is 2.24. The van der Waals surface area contributed by atoms with E-state index in [4.69, 9.17) is 4.74 Å². The van der Waals surface area contributed by atoms with E-state index < -0.39 is 15.9 Å². The average Bonchev–Trinajstić information content (AvgIpc) is 2.39. The Morgan fingerprint density at radius 1 is 0.950 bits per heavy atom. The zero-order chi connectivity index (χ0) is 14.8. The second-order valence-corrected chi connectivity index (χ2v) is 6.61. The Morgan fingerprint density at radius 3 is 1.80 bits per heavy atom. The van der Waals surface area contributed by atoms with Gasteiger partial charge in [0.1, 0.15) is 11.5 Å². The number of sulfone groups is 1. The SMILES string of the molecule is CC(O)c1ccc(Oc2ccc(S(C)(=O)=O)cc2)cc1. The average molecular weight is 292 g/mol. The van der Waals surface area contributed by atoms with Gasteiger partial charge in [0.15, 0.2) is 9.84 Å². The first kappa shape index (κ1) is 14.6. The minimum atomic E-state index is -3.19. The smallest absolute Gasteiger partial charge is 0.175 e. The minimum absolute atomic E-state index is 0.259. The molecule has 0 aromatic heterocycles. The summed E-state index contributed by atoms with van der Waals surface area (Å²) in [5.74, 6) is 1.18. The Bertz CT molecular complexity index is 671. The molecule has 1 unspecified atom stereocenters. The molecule has 106 valence electrons. The Balaban J connectivity index is 2.14. The van der Waals surface area contributed by atoms with Gasteiger partial charge in [-0.25, -0.2) is 8.42 Å². The van der Waals surface area contributed by atoms with Crippen molar-refractivity contribution in [1.82, 2.24) is 0 Å². The fraction of sp³-hybridized carbons (Fsp3) is 0.200. The van der Waals surface area contributed by atoms with Crippen LogP contribution >= 0.6 is 0 Å². The molecule has 1 N–H and O–H groups in total. The third-order valence-corrected chi connectivity index (χ3v) is 3.98. The van der Waals surface area contributed by atoms with Crippen LogP contribution in [0.1, 0.15) is 18.6 Å². The van der Waals surface area contributed by atoms with Crippen LogP contribution in [0.4, 0.5) is 0 Å². The molecule has 0 aliphatic heterocycles. The second-order valence-electron chi connectivity index (χ2n) is 4.59. The lowest BCUT2D eigenvalue weighted by Crippen LogP contribution is -1.96. The molecule has 20 heavy (non-hydrogen) atoms. The van der Waals surface area contributed by atoms with Crippen LogP contribution in [0.5, 0.6) is 11.5 Å². The largest absolute Gasteiger partial charge is 0.457 e. The van der Waals surface area contributed by atoms with E-state index in [0.717, 1.165) is 11.8 Å². The van der Waals surface area contributed by atoms with Crippen LogP contribution in [0.2, 0.25) is 0 Å². The summed E-state index contributed by atoms with van der Waals surface area (Å²) in [6.07, 6.45) is 0.649. The van der Waals surface area contributed by atoms with E-state index in [-0.39, 0.29) is 4.90 Å². The molecule has 0 spiro atoms. The van der Waals surface area contributed by atoms with Crippen molar-refractivity contribution in [1.29, 1.82) is 0 Å². The molecule has 0 saturated heterocycles. The van der Waals surface area contributed by atoms with E-state index in [1.165, 1.54) is 12.1 Å². The molecular weight excluding hydrogens is 276 g/mol. The summed E-state index contributed by atoms with van der Waals surface area (Å²) in [4.78, 5) is 0.259. The number of ether oxygens (including phenoxy) is 1. The van der Waals surface area contributed by atoms with Gasteiger partial charge in [0.2, 0.25) is 0 Å². The molecule has 0 aliphatic carbocycles. The van der Waals surface area contributed by atoms with Gasteiger partial charge in [-0.15, -0.1) is 0 Å². The van der Waals surface area contributed by atoms with Crippen LogP contribution in [0.25, 0.3) is 0 Å². The molecule has 0 saturated carbocycles. The fourth-order valence-electron chi connectivity index (χ4n) is 1.71. The first-order chi connectivity index (χ1) is 9.36. The summed E-state index contributed by atoms with van der Waals surface area (Å²) < 4.78 is 28.3. The van der Waals surface area contributed by atoms with Crippen molar-refractivity contribution in [2.75, 3.05) is 6.26 Å². The first-order valence-electron chi connectivity index (χ1n) is 6.12. The second kappa shape index (κ2) is 5.64. The molecule has 0 amide bonds. The molecule has 2 aromatic carbocycles. The highest BCUT2D eigenvalue weighted by molar-refractivity contribution is 7.90. The highest BCUT2D eigenvalue weighted by Gasteiger charge is 2.07. The van der Waals surface area contributed by atoms with Gasteiger partial charge >= 0.3 is 0 Å². The molecule has 4 nitrogen and oxygen atoms in total. The number of rotatable bonds is 4. The predicted molar refractivity (Wildman–Crippen MR) is 76.7 cm³/mol. The Hall–Kier alpha value is -1.85. The van der Waals surface area contributed by atoms with E-state index in [9.17, 15) is 13.5 Å². The maximum atomic E-state index is 11.3. The van der Waals surface area contributed by atoms with Gasteiger partial charge in [0, 0.05) is 6.26 Å². The third kappa shape index (κ3) is 3.59. The van der Waals surface area contributed by atoms with E-state index in [2.05, 4.69) is 0 Å². The molecule has 1 atom stereocenters. The van der Waals surface area contributed by atoms with Crippen molar-refractivity contribution >= 4 is 9.84 Å². The standard InChI is InChI=1S/C15H16O4S/c1-11(16)12-3-5-13(6-4-12)19-14-7-9-15(10-8-14)20(2,17)18/h3-11,16H,1-2H3. The van der Waals surface area contributed by atoms with Crippen LogP contribution in [0.15, 0.2) is 53.4 Å². The van der Waals surface area contributed by atoms with E-state index in [1.807, 2.05) is 0 Å². The highest BCUT2D eigenvalue weighted by atomic mass is 32.2. The van der Waals surface area contributed by atoms with Gasteiger partial charge in [-0.2, -0.15) is 0 Å². The molecule has 0 fully saturated rings. The summed E-state index contributed by atoms with van der Waals surface area (Å²) in [6, 6.07) is 13.3. The van der Waals surface area contributed by atoms with Crippen molar-refractivity contribution in [2.24, 2.45) is 0 Å². The monoisotopic (exact) mass is 292 g/mol. The third-order valence-electron chi connectivity index (χ3n) is 2.85. The molecule has 0 aliphatic rings. The number of hydrogen-bond acceptors (Lipinski definition) is 4. The molecule has 0 heterocycles. The summed E-state index contributed by atoms with van der Waals surface area (Å²) in [6.45, 7) is 1.69. The van der Waals surface area contributed by atoms with Crippen LogP contribution < -0.4 is 4.74 Å². The minimum Gasteiger partial charge on any atom is -0.457 e. The summed E-state index contributed by atoms with van der Waals surface area (Å²) in [7, 11) is -3.19. The van der Waals surface area contributed by atoms with Crippen molar-refractivity contribution < 1.29 is 18.3 Å². The van der Waals surface area contributed by atoms with Crippen LogP contribution in [0, 0.1) is 0 Å². The van der Waals surface area contributed by atoms with Crippen LogP contribution in [-0.2, 0) is 9.84 Å². The van der Waals surface area contributed by atoms with Crippen molar-refractivity contribution in [2.45, 2.75) is 17.9 Å². The topological polar surface area (TPSA) is 63.6 Å². The first-order valence-corrected chi connectivity index (χ1v) is 8.01. The number of aliphatic hydroxyl groups is 1. The summed E-state index contributed by atoms with van der Waals surface area (Å²) in [5, 5.41) is 9.41. The molecular formula is C15H16O4S. The molecule has 2 aromatic rings. The quantitative estimate of drug-likeness (QED) is 0.941. The van der Waals surface area contributed by atoms with E-state index in [0.29, 0.717) is 11.5 Å². The van der Waals surface area contributed by atoms with Gasteiger partial charge < -0.3 is 9.84 Å². The maximum Gasteiger partial charge on any atom is 0.175 e. The van der Waals surface area contributed by atoms with E-state index in [1.54, 1.807) is 43.3 Å². The Kier molecular flexibility index (Phi) is 4.11. The van der Waals surface area contributed by atoms with E-state index >= 15 is 0 Å². The van der Waals surface area contributed by atoms with Gasteiger partial charge in [0.05, 0.1) is 11.0 Å². The number of benzene rings is 2. The summed E-state index contributed by atoms with van der Waals surface area (Å²) >= 11 is 0. The molecule has 2 rings (SSSR count). The van der Waals surface area contributed by atoms with Crippen LogP contribution in [-0.4, -0.2) is 19.8 Å². The zero-order valence-corrected chi connectivity index (χ0v) is 12.1. The normalized spacial score (nSPS) is 12.9. The van der Waals surface area contributed by atoms with Crippen LogP contribution in [0.3, 0.4) is 0 Å². The molecule has 0 radical (unpaired) electrons. The summed E-state index contributed by atoms with van der Waals surface area (Å²) in [5.41, 5.74) is 0.810. The fourth-order valence-corrected chi connectivity index (χ4v) is 2.34. The number of hydrogen-bond donors (Lipinski definition) is 1. The molecule has 5 heteroatoms. The van der Waals surface area contributed by atoms with Gasteiger partial charge in [-0.1, -0.05) is 12.1 Å². The lowest BCUT2D eigenvalue weighted by atomic mass is 10.1. The van der Waals surface area contributed by atoms with Gasteiger partial charge in [-0.3, -0.25) is 0 Å². The van der Waals surface area contributed by atoms with Crippen molar-refractivity contribution in [3.8, 4) is 11.5 Å².